The molecule has 1 aliphatic rings. The van der Waals surface area contributed by atoms with E-state index < -0.39 is 5.82 Å². The van der Waals surface area contributed by atoms with Crippen LogP contribution in [0.4, 0.5) is 10.1 Å². The van der Waals surface area contributed by atoms with Gasteiger partial charge in [0, 0.05) is 37.4 Å². The summed E-state index contributed by atoms with van der Waals surface area (Å²) in [6, 6.07) is 4.48. The van der Waals surface area contributed by atoms with Gasteiger partial charge in [0.2, 0.25) is 5.91 Å². The van der Waals surface area contributed by atoms with Crippen molar-refractivity contribution in [2.24, 2.45) is 5.92 Å². The fourth-order valence-corrected chi connectivity index (χ4v) is 2.89. The van der Waals surface area contributed by atoms with Crippen molar-refractivity contribution in [1.29, 1.82) is 0 Å². The first-order chi connectivity index (χ1) is 9.51. The van der Waals surface area contributed by atoms with Crippen LogP contribution in [-0.4, -0.2) is 30.4 Å². The number of thioether (sulfide) groups is 1. The van der Waals surface area contributed by atoms with Gasteiger partial charge in [0.25, 0.3) is 0 Å². The molecule has 1 fully saturated rings. The van der Waals surface area contributed by atoms with Crippen LogP contribution in [0.5, 0.6) is 5.75 Å². The summed E-state index contributed by atoms with van der Waals surface area (Å²) in [5, 5.41) is 0.0476. The van der Waals surface area contributed by atoms with Crippen molar-refractivity contribution in [3.63, 3.8) is 0 Å². The summed E-state index contributed by atoms with van der Waals surface area (Å²) in [5.41, 5.74) is 0.531. The van der Waals surface area contributed by atoms with Gasteiger partial charge in [0.05, 0.1) is 7.11 Å². The van der Waals surface area contributed by atoms with Crippen LogP contribution in [-0.2, 0) is 9.59 Å². The third kappa shape index (κ3) is 3.30. The van der Waals surface area contributed by atoms with Crippen molar-refractivity contribution in [2.75, 3.05) is 24.3 Å². The number of ether oxygens (including phenoxy) is 1. The van der Waals surface area contributed by atoms with Gasteiger partial charge in [0.15, 0.2) is 16.7 Å². The Morgan fingerprint density at radius 3 is 2.90 bits per heavy atom. The fraction of sp³-hybridized carbons (Fsp3) is 0.429. The SMILES string of the molecule is COc1ccc(N2CC(CSC(C)=O)CC2=O)cc1F. The molecule has 0 aromatic heterocycles. The van der Waals surface area contributed by atoms with E-state index in [-0.39, 0.29) is 22.7 Å². The van der Waals surface area contributed by atoms with Crippen molar-refractivity contribution < 1.29 is 18.7 Å². The number of nitrogens with zero attached hydrogens (tertiary/aromatic N) is 1. The zero-order valence-corrected chi connectivity index (χ0v) is 12.2. The molecule has 1 saturated heterocycles. The normalized spacial score (nSPS) is 18.4. The molecular weight excluding hydrogens is 281 g/mol. The minimum Gasteiger partial charge on any atom is -0.494 e. The number of benzene rings is 1. The monoisotopic (exact) mass is 297 g/mol. The van der Waals surface area contributed by atoms with E-state index in [2.05, 4.69) is 0 Å². The maximum Gasteiger partial charge on any atom is 0.227 e. The highest BCUT2D eigenvalue weighted by Crippen LogP contribution is 2.30. The van der Waals surface area contributed by atoms with E-state index in [0.29, 0.717) is 24.4 Å². The van der Waals surface area contributed by atoms with E-state index in [0.717, 1.165) is 0 Å². The molecule has 1 aromatic carbocycles. The van der Waals surface area contributed by atoms with Crippen LogP contribution in [0.2, 0.25) is 0 Å². The topological polar surface area (TPSA) is 46.6 Å². The number of carbonyl (C=O) groups excluding carboxylic acids is 2. The lowest BCUT2D eigenvalue weighted by Gasteiger charge is -2.17. The number of halogens is 1. The second kappa shape index (κ2) is 6.26. The van der Waals surface area contributed by atoms with Gasteiger partial charge in [-0.1, -0.05) is 11.8 Å². The van der Waals surface area contributed by atoms with Crippen LogP contribution < -0.4 is 9.64 Å². The first-order valence-corrected chi connectivity index (χ1v) is 7.27. The van der Waals surface area contributed by atoms with Gasteiger partial charge in [-0.25, -0.2) is 4.39 Å². The zero-order valence-electron chi connectivity index (χ0n) is 11.4. The molecule has 1 heterocycles. The zero-order chi connectivity index (χ0) is 14.7. The predicted molar refractivity (Wildman–Crippen MR) is 76.6 cm³/mol. The fourth-order valence-electron chi connectivity index (χ4n) is 2.20. The van der Waals surface area contributed by atoms with Crippen LogP contribution >= 0.6 is 11.8 Å². The Morgan fingerprint density at radius 1 is 1.55 bits per heavy atom. The number of hydrogen-bond donors (Lipinski definition) is 0. The molecular formula is C14H16FNO3S. The van der Waals surface area contributed by atoms with Gasteiger partial charge in [-0.05, 0) is 18.1 Å². The Balaban J connectivity index is 2.07. The second-order valence-electron chi connectivity index (χ2n) is 4.70. The van der Waals surface area contributed by atoms with Crippen molar-refractivity contribution in [2.45, 2.75) is 13.3 Å². The third-order valence-corrected chi connectivity index (χ3v) is 4.22. The van der Waals surface area contributed by atoms with Crippen LogP contribution in [0.1, 0.15) is 13.3 Å². The summed E-state index contributed by atoms with van der Waals surface area (Å²) < 4.78 is 18.5. The number of amides is 1. The summed E-state index contributed by atoms with van der Waals surface area (Å²) in [6.07, 6.45) is 0.397. The molecule has 1 aromatic rings. The molecule has 1 amide bonds. The van der Waals surface area contributed by atoms with Crippen molar-refractivity contribution in [1.82, 2.24) is 0 Å². The lowest BCUT2D eigenvalue weighted by molar-refractivity contribution is -0.117. The molecule has 6 heteroatoms. The number of anilines is 1. The van der Waals surface area contributed by atoms with Gasteiger partial charge in [-0.15, -0.1) is 0 Å². The minimum absolute atomic E-state index is 0.0382. The van der Waals surface area contributed by atoms with Crippen molar-refractivity contribution >= 4 is 28.5 Å². The van der Waals surface area contributed by atoms with Gasteiger partial charge >= 0.3 is 0 Å². The summed E-state index contributed by atoms with van der Waals surface area (Å²) in [4.78, 5) is 24.5. The molecule has 1 unspecified atom stereocenters. The van der Waals surface area contributed by atoms with E-state index in [4.69, 9.17) is 4.74 Å². The molecule has 0 N–H and O–H groups in total. The maximum absolute atomic E-state index is 13.7. The smallest absolute Gasteiger partial charge is 0.227 e. The van der Waals surface area contributed by atoms with Crippen molar-refractivity contribution in [3.05, 3.63) is 24.0 Å². The largest absolute Gasteiger partial charge is 0.494 e. The molecule has 108 valence electrons. The Bertz CT molecular complexity index is 535. The molecule has 0 spiro atoms. The first kappa shape index (κ1) is 14.8. The van der Waals surface area contributed by atoms with E-state index >= 15 is 0 Å². The van der Waals surface area contributed by atoms with E-state index in [9.17, 15) is 14.0 Å². The number of carbonyl (C=O) groups is 2. The second-order valence-corrected chi connectivity index (χ2v) is 5.89. The summed E-state index contributed by atoms with van der Waals surface area (Å²) in [7, 11) is 1.40. The molecule has 4 nitrogen and oxygen atoms in total. The molecule has 0 radical (unpaired) electrons. The number of hydrogen-bond acceptors (Lipinski definition) is 4. The molecule has 0 bridgehead atoms. The number of rotatable bonds is 4. The van der Waals surface area contributed by atoms with Crippen LogP contribution in [0, 0.1) is 11.7 Å². The molecule has 1 aliphatic heterocycles. The van der Waals surface area contributed by atoms with Gasteiger partial charge in [0.1, 0.15) is 0 Å². The lowest BCUT2D eigenvalue weighted by Crippen LogP contribution is -2.24. The van der Waals surface area contributed by atoms with Gasteiger partial charge in [-0.3, -0.25) is 9.59 Å². The van der Waals surface area contributed by atoms with E-state index in [1.54, 1.807) is 11.0 Å². The molecule has 0 aliphatic carbocycles. The Labute approximate surface area is 121 Å². The first-order valence-electron chi connectivity index (χ1n) is 6.28. The Hall–Kier alpha value is -1.56. The summed E-state index contributed by atoms with van der Waals surface area (Å²) >= 11 is 1.23. The van der Waals surface area contributed by atoms with Crippen molar-refractivity contribution in [3.8, 4) is 5.75 Å². The van der Waals surface area contributed by atoms with E-state index in [1.807, 2.05) is 0 Å². The maximum atomic E-state index is 13.7. The molecule has 0 saturated carbocycles. The highest BCUT2D eigenvalue weighted by atomic mass is 32.2. The van der Waals surface area contributed by atoms with E-state index in [1.165, 1.54) is 37.9 Å². The summed E-state index contributed by atoms with van der Waals surface area (Å²) in [5.74, 6) is 0.379. The standard InChI is InChI=1S/C14H16FNO3S/c1-9(17)20-8-10-5-14(18)16(7-10)11-3-4-13(19-2)12(15)6-11/h3-4,6,10H,5,7-8H2,1-2H3. The average Bonchev–Trinajstić information content (AvgIpc) is 2.77. The van der Waals surface area contributed by atoms with Gasteiger partial charge < -0.3 is 9.64 Å². The molecule has 20 heavy (non-hydrogen) atoms. The Kier molecular flexibility index (Phi) is 4.65. The van der Waals surface area contributed by atoms with Crippen LogP contribution in [0.25, 0.3) is 0 Å². The predicted octanol–water partition coefficient (Wildman–Crippen LogP) is 2.47. The third-order valence-electron chi connectivity index (χ3n) is 3.17. The molecule has 2 rings (SSSR count). The van der Waals surface area contributed by atoms with Gasteiger partial charge in [-0.2, -0.15) is 0 Å². The minimum atomic E-state index is -0.487. The number of methoxy groups -OCH3 is 1. The van der Waals surface area contributed by atoms with Crippen LogP contribution in [0.3, 0.4) is 0 Å². The lowest BCUT2D eigenvalue weighted by atomic mass is 10.1. The van der Waals surface area contributed by atoms with Crippen LogP contribution in [0.15, 0.2) is 18.2 Å². The molecule has 1 atom stereocenters. The highest BCUT2D eigenvalue weighted by molar-refractivity contribution is 8.13. The average molecular weight is 297 g/mol. The highest BCUT2D eigenvalue weighted by Gasteiger charge is 2.31. The Morgan fingerprint density at radius 2 is 2.30 bits per heavy atom. The summed E-state index contributed by atoms with van der Waals surface area (Å²) in [6.45, 7) is 2.03. The quantitative estimate of drug-likeness (QED) is 0.856.